The molecule has 1 aromatic heterocycles. The van der Waals surface area contributed by atoms with Crippen LogP contribution in [-0.4, -0.2) is 57.5 Å². The van der Waals surface area contributed by atoms with Gasteiger partial charge in [-0.15, -0.1) is 0 Å². The van der Waals surface area contributed by atoms with Crippen molar-refractivity contribution in [2.75, 3.05) is 29.1 Å². The lowest BCUT2D eigenvalue weighted by atomic mass is 9.93. The van der Waals surface area contributed by atoms with E-state index in [2.05, 4.69) is 25.9 Å². The second kappa shape index (κ2) is 10.0. The van der Waals surface area contributed by atoms with Gasteiger partial charge in [0.05, 0.1) is 17.4 Å². The first kappa shape index (κ1) is 22.9. The number of nitrogens with two attached hydrogens (primary N) is 1. The topological polar surface area (TPSA) is 155 Å². The van der Waals surface area contributed by atoms with E-state index in [0.717, 1.165) is 24.2 Å². The molecule has 2 aromatic rings. The number of nitrogens with zero attached hydrogens (tertiary/aromatic N) is 2. The van der Waals surface area contributed by atoms with Gasteiger partial charge in [0.15, 0.2) is 0 Å². The smallest absolute Gasteiger partial charge is 0.254 e. The van der Waals surface area contributed by atoms with Crippen molar-refractivity contribution in [3.63, 3.8) is 0 Å². The fourth-order valence-corrected chi connectivity index (χ4v) is 3.62. The van der Waals surface area contributed by atoms with Crippen LogP contribution >= 0.6 is 13.5 Å². The van der Waals surface area contributed by atoms with Crippen molar-refractivity contribution < 1.29 is 19.7 Å². The van der Waals surface area contributed by atoms with Crippen molar-refractivity contribution in [3.05, 3.63) is 30.0 Å². The lowest BCUT2D eigenvalue weighted by molar-refractivity contribution is 0.0999. The van der Waals surface area contributed by atoms with Crippen molar-refractivity contribution in [2.24, 2.45) is 5.73 Å². The third kappa shape index (κ3) is 5.69. The van der Waals surface area contributed by atoms with Gasteiger partial charge in [-0.3, -0.25) is 4.79 Å². The third-order valence-corrected chi connectivity index (χ3v) is 5.29. The molecule has 1 fully saturated rings. The fraction of sp³-hybridized carbons (Fsp3) is 0.450. The number of anilines is 4. The van der Waals surface area contributed by atoms with Crippen LogP contribution in [0.2, 0.25) is 0 Å². The predicted octanol–water partition coefficient (Wildman–Crippen LogP) is 1.31. The van der Waals surface area contributed by atoms with E-state index in [1.54, 1.807) is 6.07 Å². The Morgan fingerprint density at radius 2 is 1.97 bits per heavy atom. The van der Waals surface area contributed by atoms with Crippen LogP contribution in [0, 0.1) is 0 Å². The number of aliphatic hydroxyl groups is 2. The van der Waals surface area contributed by atoms with Gasteiger partial charge in [-0.05, 0) is 43.9 Å². The number of hydrogen-bond donors (Lipinski definition) is 6. The van der Waals surface area contributed by atoms with E-state index in [1.807, 2.05) is 12.1 Å². The molecule has 0 radical (unpaired) electrons. The molecule has 7 N–H and O–H groups in total. The first-order chi connectivity index (χ1) is 14.5. The Bertz CT molecular complexity index is 923. The Balaban J connectivity index is 0.00000272. The second-order valence-corrected chi connectivity index (χ2v) is 7.65. The van der Waals surface area contributed by atoms with Gasteiger partial charge < -0.3 is 36.6 Å². The number of primary amides is 1. The summed E-state index contributed by atoms with van der Waals surface area (Å²) in [4.78, 5) is 20.5. The van der Waals surface area contributed by atoms with Crippen LogP contribution in [0.4, 0.5) is 23.1 Å². The van der Waals surface area contributed by atoms with Crippen molar-refractivity contribution >= 4 is 42.5 Å². The van der Waals surface area contributed by atoms with Gasteiger partial charge in [0.2, 0.25) is 5.95 Å². The van der Waals surface area contributed by atoms with Gasteiger partial charge in [0.1, 0.15) is 24.3 Å². The number of ether oxygens (including phenoxy) is 1. The number of carbonyl (C=O) groups is 1. The molecule has 168 valence electrons. The van der Waals surface area contributed by atoms with E-state index >= 15 is 0 Å². The normalized spacial score (nSPS) is 22.6. The average Bonchev–Trinajstić information content (AvgIpc) is 2.91. The van der Waals surface area contributed by atoms with E-state index in [4.69, 9.17) is 10.5 Å². The Morgan fingerprint density at radius 1 is 1.19 bits per heavy atom. The monoisotopic (exact) mass is 448 g/mol. The molecule has 1 atom stereocenters. The highest BCUT2D eigenvalue weighted by Gasteiger charge is 2.22. The summed E-state index contributed by atoms with van der Waals surface area (Å²) in [5.74, 6) is 0.738. The van der Waals surface area contributed by atoms with Gasteiger partial charge in [-0.2, -0.15) is 18.5 Å². The molecule has 1 aromatic carbocycles. The first-order valence-electron chi connectivity index (χ1n) is 10.0. The highest BCUT2D eigenvalue weighted by atomic mass is 32.1. The SMILES string of the molecule is NC(=O)c1cnc(Nc2ccc3c(c2)NC[C@H](O)CO3)nc1NC1CCC(O)CC1.S. The lowest BCUT2D eigenvalue weighted by Crippen LogP contribution is -2.30. The van der Waals surface area contributed by atoms with Crippen LogP contribution in [0.25, 0.3) is 0 Å². The Kier molecular flexibility index (Phi) is 7.42. The molecule has 11 heteroatoms. The second-order valence-electron chi connectivity index (χ2n) is 7.65. The highest BCUT2D eigenvalue weighted by molar-refractivity contribution is 7.59. The molecular formula is C20H28N6O4S. The summed E-state index contributed by atoms with van der Waals surface area (Å²) in [6.45, 7) is 0.627. The summed E-state index contributed by atoms with van der Waals surface area (Å²) in [5.41, 5.74) is 7.18. The maximum Gasteiger partial charge on any atom is 0.254 e. The summed E-state index contributed by atoms with van der Waals surface area (Å²) < 4.78 is 5.57. The molecule has 1 saturated carbocycles. The fourth-order valence-electron chi connectivity index (χ4n) is 3.62. The van der Waals surface area contributed by atoms with Gasteiger partial charge in [0.25, 0.3) is 5.91 Å². The van der Waals surface area contributed by atoms with Crippen LogP contribution in [0.3, 0.4) is 0 Å². The number of aliphatic hydroxyl groups excluding tert-OH is 2. The maximum absolute atomic E-state index is 11.8. The van der Waals surface area contributed by atoms with Gasteiger partial charge >= 0.3 is 0 Å². The number of β-amino-alcohol motifs (C(OH)–C–C–N with tert-alkyl or cyclic N) is 1. The maximum atomic E-state index is 11.8. The van der Waals surface area contributed by atoms with Gasteiger partial charge in [0, 0.05) is 24.5 Å². The van der Waals surface area contributed by atoms with Crippen molar-refractivity contribution in [2.45, 2.75) is 43.9 Å². The third-order valence-electron chi connectivity index (χ3n) is 5.29. The molecule has 10 nitrogen and oxygen atoms in total. The summed E-state index contributed by atoms with van der Waals surface area (Å²) in [5, 5.41) is 29.0. The first-order valence-corrected chi connectivity index (χ1v) is 10.0. The molecule has 0 bridgehead atoms. The summed E-state index contributed by atoms with van der Waals surface area (Å²) in [6.07, 6.45) is 3.54. The number of hydrogen-bond acceptors (Lipinski definition) is 9. The minimum Gasteiger partial charge on any atom is -0.489 e. The zero-order chi connectivity index (χ0) is 21.1. The average molecular weight is 449 g/mol. The summed E-state index contributed by atoms with van der Waals surface area (Å²) in [6, 6.07) is 5.56. The van der Waals surface area contributed by atoms with Gasteiger partial charge in [-0.1, -0.05) is 0 Å². The van der Waals surface area contributed by atoms with Crippen molar-refractivity contribution in [3.8, 4) is 5.75 Å². The number of nitrogens with one attached hydrogen (secondary N) is 3. The van der Waals surface area contributed by atoms with E-state index in [0.29, 0.717) is 36.9 Å². The molecule has 2 heterocycles. The number of carbonyl (C=O) groups excluding carboxylic acids is 1. The van der Waals surface area contributed by atoms with Crippen LogP contribution in [0.15, 0.2) is 24.4 Å². The van der Waals surface area contributed by atoms with Crippen molar-refractivity contribution in [1.82, 2.24) is 9.97 Å². The largest absolute Gasteiger partial charge is 0.489 e. The highest BCUT2D eigenvalue weighted by Crippen LogP contribution is 2.31. The van der Waals surface area contributed by atoms with E-state index < -0.39 is 12.0 Å². The Labute approximate surface area is 187 Å². The van der Waals surface area contributed by atoms with Crippen LogP contribution in [0.5, 0.6) is 5.75 Å². The van der Waals surface area contributed by atoms with Crippen molar-refractivity contribution in [1.29, 1.82) is 0 Å². The van der Waals surface area contributed by atoms with Crippen LogP contribution < -0.4 is 26.4 Å². The molecule has 0 spiro atoms. The van der Waals surface area contributed by atoms with Gasteiger partial charge in [-0.25, -0.2) is 4.98 Å². The zero-order valence-corrected chi connectivity index (χ0v) is 18.0. The Morgan fingerprint density at radius 3 is 2.71 bits per heavy atom. The number of amides is 1. The molecule has 1 aliphatic carbocycles. The Hall–Kier alpha value is -2.76. The van der Waals surface area contributed by atoms with E-state index in [1.165, 1.54) is 6.20 Å². The molecular weight excluding hydrogens is 420 g/mol. The number of fused-ring (bicyclic) bond motifs is 1. The molecule has 0 saturated heterocycles. The molecule has 1 amide bonds. The standard InChI is InChI=1S/C20H26N6O4.H2S/c21-18(29)15-9-23-20(26-19(15)24-11-1-4-13(27)5-2-11)25-12-3-6-17-16(7-12)22-8-14(28)10-30-17;/h3,6-7,9,11,13-14,22,27-28H,1-2,4-5,8,10H2,(H2,21,29)(H2,23,24,25,26);1H2/t11?,13?,14-;/m0./s1. The lowest BCUT2D eigenvalue weighted by Gasteiger charge is -2.27. The molecule has 1 aliphatic heterocycles. The minimum atomic E-state index is -0.607. The number of aromatic nitrogens is 2. The molecule has 2 aliphatic rings. The van der Waals surface area contributed by atoms with Crippen LogP contribution in [-0.2, 0) is 0 Å². The summed E-state index contributed by atoms with van der Waals surface area (Å²) in [7, 11) is 0. The quantitative estimate of drug-likeness (QED) is 0.397. The molecule has 0 unspecified atom stereocenters. The molecule has 4 rings (SSSR count). The summed E-state index contributed by atoms with van der Waals surface area (Å²) >= 11 is 0. The van der Waals surface area contributed by atoms with E-state index in [-0.39, 0.29) is 37.8 Å². The minimum absolute atomic E-state index is 0. The zero-order valence-electron chi connectivity index (χ0n) is 17.0. The van der Waals surface area contributed by atoms with E-state index in [9.17, 15) is 15.0 Å². The number of benzene rings is 1. The predicted molar refractivity (Wildman–Crippen MR) is 123 cm³/mol. The van der Waals surface area contributed by atoms with Crippen LogP contribution in [0.1, 0.15) is 36.0 Å². The molecule has 31 heavy (non-hydrogen) atoms. The number of rotatable bonds is 5.